The lowest BCUT2D eigenvalue weighted by atomic mass is 10.1. The standard InChI is InChI=1S/C24H25N3O4S/c1-3-17(2)27-32(30,31)22-14-12-20(13-15-22)25-24(29)19-10-7-11-21(16-19)26-23(28)18-8-5-4-6-9-18/h4-17,27H,3H2,1-2H3,(H,25,29)(H,26,28)/t17-/m0/s1. The van der Waals surface area contributed by atoms with Crippen molar-refractivity contribution in [3.63, 3.8) is 0 Å². The van der Waals surface area contributed by atoms with Crippen LogP contribution in [0.15, 0.2) is 83.8 Å². The van der Waals surface area contributed by atoms with Crippen LogP contribution in [0.4, 0.5) is 11.4 Å². The molecule has 3 aromatic rings. The van der Waals surface area contributed by atoms with Crippen LogP contribution >= 0.6 is 0 Å². The summed E-state index contributed by atoms with van der Waals surface area (Å²) in [5.41, 5.74) is 1.81. The minimum Gasteiger partial charge on any atom is -0.322 e. The highest BCUT2D eigenvalue weighted by atomic mass is 32.2. The lowest BCUT2D eigenvalue weighted by Crippen LogP contribution is -2.31. The molecule has 1 atom stereocenters. The van der Waals surface area contributed by atoms with Crippen molar-refractivity contribution in [1.82, 2.24) is 4.72 Å². The molecule has 0 aromatic heterocycles. The fraction of sp³-hybridized carbons (Fsp3) is 0.167. The highest BCUT2D eigenvalue weighted by Gasteiger charge is 2.16. The Labute approximate surface area is 187 Å². The largest absolute Gasteiger partial charge is 0.322 e. The van der Waals surface area contributed by atoms with E-state index in [1.54, 1.807) is 55.5 Å². The lowest BCUT2D eigenvalue weighted by molar-refractivity contribution is 0.101. The highest BCUT2D eigenvalue weighted by molar-refractivity contribution is 7.89. The summed E-state index contributed by atoms with van der Waals surface area (Å²) in [5.74, 6) is -0.653. The van der Waals surface area contributed by atoms with Gasteiger partial charge >= 0.3 is 0 Å². The molecular formula is C24H25N3O4S. The molecule has 0 aliphatic rings. The van der Waals surface area contributed by atoms with E-state index < -0.39 is 10.0 Å². The molecule has 166 valence electrons. The second-order valence-corrected chi connectivity index (χ2v) is 9.02. The van der Waals surface area contributed by atoms with E-state index in [1.807, 2.05) is 13.0 Å². The number of nitrogens with one attached hydrogen (secondary N) is 3. The summed E-state index contributed by atoms with van der Waals surface area (Å²) in [4.78, 5) is 25.1. The molecule has 8 heteroatoms. The molecule has 0 heterocycles. The van der Waals surface area contributed by atoms with E-state index in [0.29, 0.717) is 28.9 Å². The van der Waals surface area contributed by atoms with E-state index in [2.05, 4.69) is 15.4 Å². The number of amides is 2. The zero-order valence-electron chi connectivity index (χ0n) is 17.8. The maximum Gasteiger partial charge on any atom is 0.255 e. The van der Waals surface area contributed by atoms with Crippen LogP contribution in [-0.4, -0.2) is 26.3 Å². The molecule has 32 heavy (non-hydrogen) atoms. The average molecular weight is 452 g/mol. The van der Waals surface area contributed by atoms with Gasteiger partial charge in [-0.05, 0) is 67.9 Å². The third kappa shape index (κ3) is 6.03. The van der Waals surface area contributed by atoms with E-state index in [0.717, 1.165) is 0 Å². The van der Waals surface area contributed by atoms with Gasteiger partial charge in [0.2, 0.25) is 10.0 Å². The van der Waals surface area contributed by atoms with Gasteiger partial charge in [0.05, 0.1) is 4.90 Å². The van der Waals surface area contributed by atoms with Crippen LogP contribution in [0.3, 0.4) is 0 Å². The van der Waals surface area contributed by atoms with Gasteiger partial charge in [-0.15, -0.1) is 0 Å². The smallest absolute Gasteiger partial charge is 0.255 e. The van der Waals surface area contributed by atoms with Crippen molar-refractivity contribution in [3.8, 4) is 0 Å². The predicted octanol–water partition coefficient (Wildman–Crippen LogP) is 4.27. The first-order chi connectivity index (χ1) is 15.3. The minimum atomic E-state index is -3.61. The van der Waals surface area contributed by atoms with E-state index in [-0.39, 0.29) is 22.8 Å². The maximum atomic E-state index is 12.6. The number of benzene rings is 3. The van der Waals surface area contributed by atoms with Crippen molar-refractivity contribution < 1.29 is 18.0 Å². The van der Waals surface area contributed by atoms with Gasteiger partial charge in [0.25, 0.3) is 11.8 Å². The normalized spacial score (nSPS) is 12.1. The molecule has 0 fully saturated rings. The van der Waals surface area contributed by atoms with Gasteiger partial charge in [-0.2, -0.15) is 0 Å². The molecule has 2 amide bonds. The van der Waals surface area contributed by atoms with Crippen LogP contribution in [0.5, 0.6) is 0 Å². The predicted molar refractivity (Wildman–Crippen MR) is 125 cm³/mol. The van der Waals surface area contributed by atoms with E-state index in [9.17, 15) is 18.0 Å². The molecule has 3 aromatic carbocycles. The van der Waals surface area contributed by atoms with Gasteiger partial charge in [-0.1, -0.05) is 31.2 Å². The summed E-state index contributed by atoms with van der Waals surface area (Å²) in [7, 11) is -3.61. The van der Waals surface area contributed by atoms with Crippen LogP contribution in [0, 0.1) is 0 Å². The van der Waals surface area contributed by atoms with Gasteiger partial charge in [-0.3, -0.25) is 9.59 Å². The first-order valence-electron chi connectivity index (χ1n) is 10.2. The molecule has 0 aliphatic heterocycles. The van der Waals surface area contributed by atoms with Crippen molar-refractivity contribution in [2.45, 2.75) is 31.2 Å². The summed E-state index contributed by atoms with van der Waals surface area (Å²) in [6.07, 6.45) is 0.679. The summed E-state index contributed by atoms with van der Waals surface area (Å²) in [5, 5.41) is 5.50. The summed E-state index contributed by atoms with van der Waals surface area (Å²) < 4.78 is 27.3. The molecular weight excluding hydrogens is 426 g/mol. The zero-order valence-corrected chi connectivity index (χ0v) is 18.6. The highest BCUT2D eigenvalue weighted by Crippen LogP contribution is 2.17. The van der Waals surface area contributed by atoms with E-state index in [4.69, 9.17) is 0 Å². The Morgan fingerprint density at radius 3 is 2.03 bits per heavy atom. The second kappa shape index (κ2) is 10.2. The number of hydrogen-bond acceptors (Lipinski definition) is 4. The van der Waals surface area contributed by atoms with Crippen molar-refractivity contribution in [2.24, 2.45) is 0 Å². The number of anilines is 2. The van der Waals surface area contributed by atoms with Crippen molar-refractivity contribution in [1.29, 1.82) is 0 Å². The number of carbonyl (C=O) groups is 2. The summed E-state index contributed by atoms with van der Waals surface area (Å²) >= 11 is 0. The fourth-order valence-electron chi connectivity index (χ4n) is 2.87. The molecule has 3 rings (SSSR count). The van der Waals surface area contributed by atoms with Crippen molar-refractivity contribution in [2.75, 3.05) is 10.6 Å². The quantitative estimate of drug-likeness (QED) is 0.476. The topological polar surface area (TPSA) is 104 Å². The Morgan fingerprint density at radius 2 is 1.38 bits per heavy atom. The number of carbonyl (C=O) groups excluding carboxylic acids is 2. The third-order valence-corrected chi connectivity index (χ3v) is 6.42. The molecule has 0 unspecified atom stereocenters. The Kier molecular flexibility index (Phi) is 7.40. The minimum absolute atomic E-state index is 0.126. The molecule has 0 aliphatic carbocycles. The molecule has 7 nitrogen and oxygen atoms in total. The molecule has 0 bridgehead atoms. The number of hydrogen-bond donors (Lipinski definition) is 3. The Hall–Kier alpha value is -3.49. The van der Waals surface area contributed by atoms with Gasteiger partial charge in [-0.25, -0.2) is 13.1 Å². The van der Waals surface area contributed by atoms with Crippen LogP contribution in [0.2, 0.25) is 0 Å². The average Bonchev–Trinajstić information content (AvgIpc) is 2.79. The van der Waals surface area contributed by atoms with Crippen LogP contribution in [-0.2, 0) is 10.0 Å². The van der Waals surface area contributed by atoms with Crippen LogP contribution in [0.25, 0.3) is 0 Å². The number of sulfonamides is 1. The molecule has 0 spiro atoms. The molecule has 0 radical (unpaired) electrons. The monoisotopic (exact) mass is 451 g/mol. The van der Waals surface area contributed by atoms with Gasteiger partial charge < -0.3 is 10.6 Å². The summed E-state index contributed by atoms with van der Waals surface area (Å²) in [6.45, 7) is 3.69. The van der Waals surface area contributed by atoms with Gasteiger partial charge in [0.1, 0.15) is 0 Å². The molecule has 3 N–H and O–H groups in total. The maximum absolute atomic E-state index is 12.6. The van der Waals surface area contributed by atoms with Crippen LogP contribution in [0.1, 0.15) is 41.0 Å². The lowest BCUT2D eigenvalue weighted by Gasteiger charge is -2.13. The van der Waals surface area contributed by atoms with Gasteiger partial charge in [0.15, 0.2) is 0 Å². The van der Waals surface area contributed by atoms with E-state index in [1.165, 1.54) is 24.3 Å². The SMILES string of the molecule is CC[C@H](C)NS(=O)(=O)c1ccc(NC(=O)c2cccc(NC(=O)c3ccccc3)c2)cc1. The second-order valence-electron chi connectivity index (χ2n) is 7.31. The summed E-state index contributed by atoms with van der Waals surface area (Å²) in [6, 6.07) is 21.1. The van der Waals surface area contributed by atoms with Crippen LogP contribution < -0.4 is 15.4 Å². The first-order valence-corrected chi connectivity index (χ1v) is 11.7. The third-order valence-electron chi connectivity index (χ3n) is 4.81. The Morgan fingerprint density at radius 1 is 0.781 bits per heavy atom. The van der Waals surface area contributed by atoms with Gasteiger partial charge in [0, 0.05) is 28.5 Å². The van der Waals surface area contributed by atoms with E-state index >= 15 is 0 Å². The zero-order chi connectivity index (χ0) is 23.1. The van der Waals surface area contributed by atoms with Crippen molar-refractivity contribution >= 4 is 33.2 Å². The molecule has 0 saturated heterocycles. The Balaban J connectivity index is 1.67. The fourth-order valence-corrected chi connectivity index (χ4v) is 4.19. The van der Waals surface area contributed by atoms with Crippen molar-refractivity contribution in [3.05, 3.63) is 90.0 Å². The first kappa shape index (κ1) is 23.2. The molecule has 0 saturated carbocycles. The number of rotatable bonds is 8. The Bertz CT molecular complexity index is 1190.